The summed E-state index contributed by atoms with van der Waals surface area (Å²) < 4.78 is 0. The van der Waals surface area contributed by atoms with Gasteiger partial charge in [-0.25, -0.2) is 0 Å². The molecule has 0 atom stereocenters. The van der Waals surface area contributed by atoms with E-state index in [0.29, 0.717) is 0 Å². The quantitative estimate of drug-likeness (QED) is 0.864. The van der Waals surface area contributed by atoms with E-state index in [4.69, 9.17) is 0 Å². The molecule has 0 fully saturated rings. The molecule has 0 radical (unpaired) electrons. The van der Waals surface area contributed by atoms with Gasteiger partial charge in [0.25, 0.3) is 0 Å². The molecule has 0 saturated carbocycles. The molecule has 0 saturated heterocycles. The number of aromatic nitrogens is 1. The van der Waals surface area contributed by atoms with Gasteiger partial charge in [-0.2, -0.15) is 0 Å². The number of rotatable bonds is 5. The van der Waals surface area contributed by atoms with Crippen molar-refractivity contribution in [3.05, 3.63) is 71.6 Å². The Bertz CT molecular complexity index is 489. The van der Waals surface area contributed by atoms with Gasteiger partial charge in [0.1, 0.15) is 0 Å². The van der Waals surface area contributed by atoms with Crippen molar-refractivity contribution in [3.63, 3.8) is 0 Å². The van der Waals surface area contributed by atoms with Gasteiger partial charge in [0.05, 0.1) is 0 Å². The maximum atomic E-state index is 4.10. The summed E-state index contributed by atoms with van der Waals surface area (Å²) in [5, 5.41) is 3.41. The molecule has 92 valence electrons. The van der Waals surface area contributed by atoms with Crippen LogP contribution in [0, 0.1) is 0 Å². The van der Waals surface area contributed by atoms with Crippen LogP contribution in [0.1, 0.15) is 18.1 Å². The first-order chi connectivity index (χ1) is 8.84. The van der Waals surface area contributed by atoms with Crippen LogP contribution in [0.3, 0.4) is 0 Å². The second kappa shape index (κ2) is 6.72. The number of nitrogens with zero attached hydrogens (tertiary/aromatic N) is 1. The lowest BCUT2D eigenvalue weighted by Gasteiger charge is -2.05. The van der Waals surface area contributed by atoms with E-state index >= 15 is 0 Å². The minimum absolute atomic E-state index is 0.855. The zero-order valence-electron chi connectivity index (χ0n) is 10.6. The molecule has 0 aliphatic carbocycles. The third kappa shape index (κ3) is 4.15. The number of hydrogen-bond acceptors (Lipinski definition) is 2. The molecule has 1 aromatic carbocycles. The molecule has 2 rings (SSSR count). The van der Waals surface area contributed by atoms with E-state index < -0.39 is 0 Å². The molecule has 1 heterocycles. The third-order valence-corrected chi connectivity index (χ3v) is 2.67. The van der Waals surface area contributed by atoms with Gasteiger partial charge >= 0.3 is 0 Å². The number of hydrogen-bond donors (Lipinski definition) is 1. The van der Waals surface area contributed by atoms with E-state index in [1.54, 1.807) is 6.20 Å². The van der Waals surface area contributed by atoms with Gasteiger partial charge in [-0.3, -0.25) is 4.98 Å². The predicted octanol–water partition coefficient (Wildman–Crippen LogP) is 3.27. The summed E-state index contributed by atoms with van der Waals surface area (Å²) in [6, 6.07) is 14.4. The van der Waals surface area contributed by atoms with E-state index in [0.717, 1.165) is 13.1 Å². The highest BCUT2D eigenvalue weighted by atomic mass is 14.8. The highest BCUT2D eigenvalue weighted by Crippen LogP contribution is 2.05. The van der Waals surface area contributed by atoms with Crippen molar-refractivity contribution < 1.29 is 0 Å². The molecule has 0 aliphatic rings. The molecule has 0 amide bonds. The van der Waals surface area contributed by atoms with Crippen LogP contribution in [0.25, 0.3) is 6.08 Å². The zero-order valence-corrected chi connectivity index (χ0v) is 10.6. The van der Waals surface area contributed by atoms with E-state index in [1.165, 1.54) is 16.7 Å². The average Bonchev–Trinajstić information content (AvgIpc) is 2.41. The smallest absolute Gasteiger partial charge is 0.0312 e. The summed E-state index contributed by atoms with van der Waals surface area (Å²) in [6.07, 6.45) is 5.89. The van der Waals surface area contributed by atoms with E-state index in [1.807, 2.05) is 18.3 Å². The van der Waals surface area contributed by atoms with Gasteiger partial charge in [0.15, 0.2) is 0 Å². The third-order valence-electron chi connectivity index (χ3n) is 2.67. The Morgan fingerprint density at radius 1 is 1.17 bits per heavy atom. The summed E-state index contributed by atoms with van der Waals surface area (Å²) in [6.45, 7) is 3.89. The molecule has 1 aromatic heterocycles. The van der Waals surface area contributed by atoms with Gasteiger partial charge in [-0.15, -0.1) is 0 Å². The predicted molar refractivity (Wildman–Crippen MR) is 76.0 cm³/mol. The molecule has 0 bridgehead atoms. The van der Waals surface area contributed by atoms with Crippen molar-refractivity contribution in [2.75, 3.05) is 6.54 Å². The maximum absolute atomic E-state index is 4.10. The fourth-order valence-electron chi connectivity index (χ4n) is 1.79. The van der Waals surface area contributed by atoms with Crippen LogP contribution in [-0.2, 0) is 6.54 Å². The number of benzene rings is 1. The monoisotopic (exact) mass is 238 g/mol. The molecule has 0 spiro atoms. The first kappa shape index (κ1) is 12.5. The van der Waals surface area contributed by atoms with E-state index in [2.05, 4.69) is 53.6 Å². The van der Waals surface area contributed by atoms with Crippen molar-refractivity contribution in [1.29, 1.82) is 0 Å². The second-order valence-corrected chi connectivity index (χ2v) is 4.37. The molecule has 0 aliphatic heterocycles. The fraction of sp³-hybridized carbons (Fsp3) is 0.188. The van der Waals surface area contributed by atoms with Crippen molar-refractivity contribution in [2.45, 2.75) is 13.5 Å². The Hall–Kier alpha value is -1.93. The molecule has 0 unspecified atom stereocenters. The molecule has 1 N–H and O–H groups in total. The lowest BCUT2D eigenvalue weighted by atomic mass is 10.1. The van der Waals surface area contributed by atoms with Crippen LogP contribution >= 0.6 is 0 Å². The Morgan fingerprint density at radius 2 is 2.00 bits per heavy atom. The van der Waals surface area contributed by atoms with Gasteiger partial charge in [-0.05, 0) is 24.1 Å². The average molecular weight is 238 g/mol. The second-order valence-electron chi connectivity index (χ2n) is 4.37. The van der Waals surface area contributed by atoms with Crippen molar-refractivity contribution in [3.8, 4) is 0 Å². The molecule has 2 heteroatoms. The summed E-state index contributed by atoms with van der Waals surface area (Å²) >= 11 is 0. The zero-order chi connectivity index (χ0) is 12.6. The largest absolute Gasteiger partial charge is 0.309 e. The first-order valence-corrected chi connectivity index (χ1v) is 6.16. The molecular formula is C16H18N2. The summed E-state index contributed by atoms with van der Waals surface area (Å²) in [4.78, 5) is 4.10. The Labute approximate surface area is 108 Å². The van der Waals surface area contributed by atoms with E-state index in [-0.39, 0.29) is 0 Å². The Morgan fingerprint density at radius 3 is 2.72 bits per heavy atom. The molecule has 18 heavy (non-hydrogen) atoms. The molecule has 2 nitrogen and oxygen atoms in total. The number of nitrogens with one attached hydrogen (secondary N) is 1. The standard InChI is InChI=1S/C16H18N2/c1-14(10-15-6-3-2-4-7-15)11-18-13-16-8-5-9-17-12-16/h2-10,12,18H,11,13H2,1H3/b14-10+. The first-order valence-electron chi connectivity index (χ1n) is 6.16. The van der Waals surface area contributed by atoms with Crippen molar-refractivity contribution >= 4 is 6.08 Å². The Kier molecular flexibility index (Phi) is 4.68. The topological polar surface area (TPSA) is 24.9 Å². The van der Waals surface area contributed by atoms with Crippen LogP contribution in [0.15, 0.2) is 60.4 Å². The fourth-order valence-corrected chi connectivity index (χ4v) is 1.79. The SMILES string of the molecule is C/C(=C\c1ccccc1)CNCc1cccnc1. The van der Waals surface area contributed by atoms with Crippen LogP contribution in [0.4, 0.5) is 0 Å². The highest BCUT2D eigenvalue weighted by molar-refractivity contribution is 5.52. The van der Waals surface area contributed by atoms with Gasteiger partial charge in [0.2, 0.25) is 0 Å². The van der Waals surface area contributed by atoms with Crippen molar-refractivity contribution in [2.24, 2.45) is 0 Å². The molecule has 2 aromatic rings. The van der Waals surface area contributed by atoms with Gasteiger partial charge in [-0.1, -0.05) is 48.0 Å². The highest BCUT2D eigenvalue weighted by Gasteiger charge is 1.93. The van der Waals surface area contributed by atoms with E-state index in [9.17, 15) is 0 Å². The summed E-state index contributed by atoms with van der Waals surface area (Å²) in [5.41, 5.74) is 3.79. The summed E-state index contributed by atoms with van der Waals surface area (Å²) in [7, 11) is 0. The number of pyridine rings is 1. The summed E-state index contributed by atoms with van der Waals surface area (Å²) in [5.74, 6) is 0. The van der Waals surface area contributed by atoms with Crippen molar-refractivity contribution in [1.82, 2.24) is 10.3 Å². The van der Waals surface area contributed by atoms with Crippen LogP contribution in [-0.4, -0.2) is 11.5 Å². The van der Waals surface area contributed by atoms with Gasteiger partial charge in [0, 0.05) is 25.5 Å². The molecular weight excluding hydrogens is 220 g/mol. The van der Waals surface area contributed by atoms with Crippen LogP contribution in [0.5, 0.6) is 0 Å². The maximum Gasteiger partial charge on any atom is 0.0312 e. The van der Waals surface area contributed by atoms with Crippen LogP contribution in [0.2, 0.25) is 0 Å². The normalized spacial score (nSPS) is 11.5. The Balaban J connectivity index is 1.82. The minimum Gasteiger partial charge on any atom is -0.309 e. The minimum atomic E-state index is 0.855. The lowest BCUT2D eigenvalue weighted by Crippen LogP contribution is -2.15. The van der Waals surface area contributed by atoms with Crippen LogP contribution < -0.4 is 5.32 Å². The lowest BCUT2D eigenvalue weighted by molar-refractivity contribution is 0.739. The van der Waals surface area contributed by atoms with Gasteiger partial charge < -0.3 is 5.32 Å².